The number of aromatic nitrogens is 3. The van der Waals surface area contributed by atoms with Gasteiger partial charge < -0.3 is 24.6 Å². The standard InChI is InChI=1S/C28H32N6O4/c1-33-22-16-20(34-12-9-28(18-34)10-13-37-14-11-28)7-8-23(22)38-17-21(27(33)36)29-26(35)25-30-24(31-32-25)15-19-5-3-2-4-6-19/h2-8,16,21H,9-15,17-18H2,1H3,(H,29,35)(H,30,31,32). The predicted molar refractivity (Wildman–Crippen MR) is 142 cm³/mol. The van der Waals surface area contributed by atoms with E-state index in [4.69, 9.17) is 9.47 Å². The Kier molecular flexibility index (Phi) is 6.49. The van der Waals surface area contributed by atoms with Gasteiger partial charge in [-0.15, -0.1) is 5.10 Å². The predicted octanol–water partition coefficient (Wildman–Crippen LogP) is 2.56. The molecule has 10 heteroatoms. The highest BCUT2D eigenvalue weighted by Gasteiger charge is 2.40. The number of H-pyrrole nitrogens is 1. The summed E-state index contributed by atoms with van der Waals surface area (Å²) in [6.07, 6.45) is 3.87. The summed E-state index contributed by atoms with van der Waals surface area (Å²) < 4.78 is 11.6. The van der Waals surface area contributed by atoms with Crippen molar-refractivity contribution in [2.24, 2.45) is 5.41 Å². The zero-order valence-electron chi connectivity index (χ0n) is 21.5. The van der Waals surface area contributed by atoms with Crippen LogP contribution in [-0.2, 0) is 16.0 Å². The first-order valence-electron chi connectivity index (χ1n) is 13.1. The SMILES string of the molecule is CN1C(=O)C(NC(=O)c2n[nH]c(Cc3ccccc3)n2)COc2ccc(N3CCC4(CCOCC4)C3)cc21. The van der Waals surface area contributed by atoms with Crippen LogP contribution >= 0.6 is 0 Å². The highest BCUT2D eigenvalue weighted by atomic mass is 16.5. The van der Waals surface area contributed by atoms with E-state index in [0.717, 1.165) is 56.8 Å². The van der Waals surface area contributed by atoms with Crippen LogP contribution in [0.15, 0.2) is 48.5 Å². The molecule has 3 aliphatic heterocycles. The van der Waals surface area contributed by atoms with Crippen LogP contribution in [0.5, 0.6) is 5.75 Å². The third-order valence-corrected chi connectivity index (χ3v) is 7.95. The van der Waals surface area contributed by atoms with E-state index in [2.05, 4.69) is 31.5 Å². The van der Waals surface area contributed by atoms with Gasteiger partial charge in [-0.05, 0) is 48.4 Å². The van der Waals surface area contributed by atoms with Crippen molar-refractivity contribution in [3.63, 3.8) is 0 Å². The Bertz CT molecular complexity index is 1320. The third kappa shape index (κ3) is 4.83. The van der Waals surface area contributed by atoms with Crippen LogP contribution in [0.3, 0.4) is 0 Å². The van der Waals surface area contributed by atoms with E-state index in [1.807, 2.05) is 42.5 Å². The van der Waals surface area contributed by atoms with Crippen molar-refractivity contribution in [3.05, 3.63) is 65.7 Å². The minimum Gasteiger partial charge on any atom is -0.489 e. The summed E-state index contributed by atoms with van der Waals surface area (Å²) in [7, 11) is 1.72. The molecule has 1 spiro atoms. The summed E-state index contributed by atoms with van der Waals surface area (Å²) in [5, 5.41) is 9.62. The quantitative estimate of drug-likeness (QED) is 0.536. The normalized spacial score (nSPS) is 20.7. The zero-order chi connectivity index (χ0) is 26.1. The molecule has 2 saturated heterocycles. The van der Waals surface area contributed by atoms with Crippen LogP contribution in [0.1, 0.15) is 41.3 Å². The van der Waals surface area contributed by atoms with Crippen molar-refractivity contribution in [1.29, 1.82) is 0 Å². The Labute approximate surface area is 221 Å². The second kappa shape index (κ2) is 10.1. The highest BCUT2D eigenvalue weighted by Crippen LogP contribution is 2.43. The van der Waals surface area contributed by atoms with Crippen molar-refractivity contribution >= 4 is 23.2 Å². The number of fused-ring (bicyclic) bond motifs is 1. The number of nitrogens with one attached hydrogen (secondary N) is 2. The molecular formula is C28H32N6O4. The van der Waals surface area contributed by atoms with Gasteiger partial charge in [0, 0.05) is 45.5 Å². The first-order valence-corrected chi connectivity index (χ1v) is 13.1. The number of carbonyl (C=O) groups is 2. The van der Waals surface area contributed by atoms with Crippen molar-refractivity contribution in [1.82, 2.24) is 20.5 Å². The van der Waals surface area contributed by atoms with E-state index >= 15 is 0 Å². The van der Waals surface area contributed by atoms with Gasteiger partial charge in [0.25, 0.3) is 11.8 Å². The molecule has 198 valence electrons. The molecule has 3 aliphatic rings. The Hall–Kier alpha value is -3.92. The number of carbonyl (C=O) groups excluding carboxylic acids is 2. The Morgan fingerprint density at radius 2 is 1.97 bits per heavy atom. The summed E-state index contributed by atoms with van der Waals surface area (Å²) >= 11 is 0. The number of likely N-dealkylation sites (N-methyl/N-ethyl adjacent to an activating group) is 1. The second-order valence-electron chi connectivity index (χ2n) is 10.4. The first-order chi connectivity index (χ1) is 18.5. The molecule has 0 saturated carbocycles. The molecule has 0 bridgehead atoms. The van der Waals surface area contributed by atoms with E-state index in [1.165, 1.54) is 0 Å². The van der Waals surface area contributed by atoms with Gasteiger partial charge in [0.15, 0.2) is 0 Å². The van der Waals surface area contributed by atoms with E-state index < -0.39 is 11.9 Å². The average Bonchev–Trinajstić information content (AvgIpc) is 3.56. The minimum atomic E-state index is -0.864. The van der Waals surface area contributed by atoms with Gasteiger partial charge >= 0.3 is 0 Å². The number of anilines is 2. The molecule has 3 aromatic rings. The molecule has 2 fully saturated rings. The fourth-order valence-electron chi connectivity index (χ4n) is 5.64. The molecule has 0 aliphatic carbocycles. The van der Waals surface area contributed by atoms with Gasteiger partial charge in [0.2, 0.25) is 5.82 Å². The molecule has 1 unspecified atom stereocenters. The van der Waals surface area contributed by atoms with E-state index in [1.54, 1.807) is 11.9 Å². The van der Waals surface area contributed by atoms with E-state index in [0.29, 0.717) is 29.1 Å². The van der Waals surface area contributed by atoms with Gasteiger partial charge in [-0.2, -0.15) is 0 Å². The monoisotopic (exact) mass is 516 g/mol. The number of amides is 2. The summed E-state index contributed by atoms with van der Waals surface area (Å²) in [6, 6.07) is 14.9. The number of nitrogens with zero attached hydrogens (tertiary/aromatic N) is 4. The van der Waals surface area contributed by atoms with Gasteiger partial charge in [-0.3, -0.25) is 14.7 Å². The Morgan fingerprint density at radius 3 is 2.79 bits per heavy atom. The maximum atomic E-state index is 13.4. The number of rotatable bonds is 5. The van der Waals surface area contributed by atoms with Crippen LogP contribution in [0.4, 0.5) is 11.4 Å². The molecule has 2 N–H and O–H groups in total. The summed E-state index contributed by atoms with van der Waals surface area (Å²) in [6.45, 7) is 3.67. The summed E-state index contributed by atoms with van der Waals surface area (Å²) in [5.74, 6) is 0.403. The largest absolute Gasteiger partial charge is 0.489 e. The zero-order valence-corrected chi connectivity index (χ0v) is 21.5. The van der Waals surface area contributed by atoms with Gasteiger partial charge in [-0.25, -0.2) is 4.98 Å². The maximum Gasteiger partial charge on any atom is 0.291 e. The number of benzene rings is 2. The van der Waals surface area contributed by atoms with E-state index in [9.17, 15) is 9.59 Å². The second-order valence-corrected chi connectivity index (χ2v) is 10.4. The lowest BCUT2D eigenvalue weighted by molar-refractivity contribution is -0.120. The molecule has 0 radical (unpaired) electrons. The average molecular weight is 517 g/mol. The molecule has 2 amide bonds. The van der Waals surface area contributed by atoms with Gasteiger partial charge in [0.1, 0.15) is 24.2 Å². The van der Waals surface area contributed by atoms with Crippen molar-refractivity contribution in [2.75, 3.05) is 49.8 Å². The Balaban J connectivity index is 1.12. The lowest BCUT2D eigenvalue weighted by atomic mass is 9.80. The van der Waals surface area contributed by atoms with Crippen molar-refractivity contribution in [3.8, 4) is 5.75 Å². The van der Waals surface area contributed by atoms with Crippen LogP contribution in [-0.4, -0.2) is 73.0 Å². The summed E-state index contributed by atoms with van der Waals surface area (Å²) in [5.41, 5.74) is 3.14. The lowest BCUT2D eigenvalue weighted by Gasteiger charge is -2.33. The van der Waals surface area contributed by atoms with Gasteiger partial charge in [0.05, 0.1) is 5.69 Å². The first kappa shape index (κ1) is 24.4. The summed E-state index contributed by atoms with van der Waals surface area (Å²) in [4.78, 5) is 34.5. The third-order valence-electron chi connectivity index (χ3n) is 7.95. The van der Waals surface area contributed by atoms with Crippen molar-refractivity contribution in [2.45, 2.75) is 31.7 Å². The number of hydrogen-bond acceptors (Lipinski definition) is 7. The molecule has 1 atom stereocenters. The van der Waals surface area contributed by atoms with Crippen LogP contribution in [0.25, 0.3) is 0 Å². The maximum absolute atomic E-state index is 13.4. The fraction of sp³-hybridized carbons (Fsp3) is 0.429. The number of aromatic amines is 1. The Morgan fingerprint density at radius 1 is 1.16 bits per heavy atom. The molecule has 6 rings (SSSR count). The molecule has 10 nitrogen and oxygen atoms in total. The lowest BCUT2D eigenvalue weighted by Crippen LogP contribution is -2.49. The van der Waals surface area contributed by atoms with Crippen molar-refractivity contribution < 1.29 is 19.1 Å². The molecule has 4 heterocycles. The van der Waals surface area contributed by atoms with Crippen LogP contribution in [0.2, 0.25) is 0 Å². The van der Waals surface area contributed by atoms with Crippen LogP contribution < -0.4 is 19.9 Å². The molecular weight excluding hydrogens is 484 g/mol. The minimum absolute atomic E-state index is 0.00786. The van der Waals surface area contributed by atoms with Crippen LogP contribution in [0, 0.1) is 5.41 Å². The van der Waals surface area contributed by atoms with Gasteiger partial charge in [-0.1, -0.05) is 30.3 Å². The topological polar surface area (TPSA) is 113 Å². The smallest absolute Gasteiger partial charge is 0.291 e. The fourth-order valence-corrected chi connectivity index (χ4v) is 5.64. The highest BCUT2D eigenvalue weighted by molar-refractivity contribution is 6.02. The molecule has 2 aromatic carbocycles. The van der Waals surface area contributed by atoms with E-state index in [-0.39, 0.29) is 18.3 Å². The number of ether oxygens (including phenoxy) is 2. The number of hydrogen-bond donors (Lipinski definition) is 2. The molecule has 1 aromatic heterocycles. The molecule has 38 heavy (non-hydrogen) atoms.